The van der Waals surface area contributed by atoms with Gasteiger partial charge in [0.25, 0.3) is 0 Å². The number of Topliss-reactive ketones (excluding diaryl/α,β-unsaturated/α-hetero) is 1. The minimum absolute atomic E-state index is 0.109. The van der Waals surface area contributed by atoms with Crippen LogP contribution < -0.4 is 0 Å². The van der Waals surface area contributed by atoms with Crippen LogP contribution in [0.4, 0.5) is 4.39 Å². The second-order valence-corrected chi connectivity index (χ2v) is 6.17. The summed E-state index contributed by atoms with van der Waals surface area (Å²) in [6, 6.07) is 3.52. The molecule has 0 aliphatic heterocycles. The molecule has 0 unspecified atom stereocenters. The molecule has 0 aromatic carbocycles. The average molecular weight is 469 g/mol. The number of carbonyl (C=O) groups is 2. The van der Waals surface area contributed by atoms with E-state index >= 15 is 0 Å². The van der Waals surface area contributed by atoms with Gasteiger partial charge >= 0.3 is 5.97 Å². The van der Waals surface area contributed by atoms with E-state index in [-0.39, 0.29) is 11.8 Å². The van der Waals surface area contributed by atoms with Crippen LogP contribution in [0.15, 0.2) is 33.5 Å². The largest absolute Gasteiger partial charge is 0.461 e. The van der Waals surface area contributed by atoms with Crippen molar-refractivity contribution < 1.29 is 20.1 Å². The van der Waals surface area contributed by atoms with E-state index in [1.54, 1.807) is 26.1 Å². The lowest BCUT2D eigenvalue weighted by atomic mass is 10.3. The Hall–Kier alpha value is -1.41. The smallest absolute Gasteiger partial charge is 0.354 e. The monoisotopic (exact) mass is 467 g/mol. The molecule has 1 N–H and O–H groups in total. The van der Waals surface area contributed by atoms with Crippen LogP contribution in [0.2, 0.25) is 0 Å². The molecule has 8 heteroatoms. The lowest BCUT2D eigenvalue weighted by Crippen LogP contribution is -2.04. The van der Waals surface area contributed by atoms with Crippen LogP contribution in [-0.2, 0) is 11.3 Å². The van der Waals surface area contributed by atoms with Gasteiger partial charge in [0.05, 0.1) is 20.8 Å². The number of carbonyl (C=O) groups excluding carboxylic acids is 2. The highest BCUT2D eigenvalue weighted by Crippen LogP contribution is 2.15. The Labute approximate surface area is 159 Å². The molecule has 0 spiro atoms. The SMILES string of the molecule is CCOC(=O)c1cc(Br)c[nH]1.CCn1cc(Br)cc1C(C)=O.[2H]CF. The van der Waals surface area contributed by atoms with Crippen LogP contribution in [0.3, 0.4) is 0 Å². The molecule has 0 aliphatic carbocycles. The average Bonchev–Trinajstić information content (AvgIpc) is 3.14. The van der Waals surface area contributed by atoms with Gasteiger partial charge < -0.3 is 14.3 Å². The molecule has 2 rings (SSSR count). The van der Waals surface area contributed by atoms with Gasteiger partial charge in [-0.3, -0.25) is 9.18 Å². The van der Waals surface area contributed by atoms with Crippen molar-refractivity contribution in [2.75, 3.05) is 13.8 Å². The number of hydrogen-bond donors (Lipinski definition) is 1. The van der Waals surface area contributed by atoms with E-state index in [1.807, 2.05) is 23.8 Å². The minimum atomic E-state index is -1.00. The predicted molar refractivity (Wildman–Crippen MR) is 99.3 cm³/mol. The van der Waals surface area contributed by atoms with E-state index in [0.29, 0.717) is 12.3 Å². The first-order valence-corrected chi connectivity index (χ1v) is 8.62. The van der Waals surface area contributed by atoms with Crippen molar-refractivity contribution in [3.63, 3.8) is 0 Å². The van der Waals surface area contributed by atoms with Gasteiger partial charge in [0.1, 0.15) is 5.69 Å². The first-order valence-electron chi connectivity index (χ1n) is 7.74. The highest BCUT2D eigenvalue weighted by Gasteiger charge is 2.07. The van der Waals surface area contributed by atoms with Crippen molar-refractivity contribution in [2.24, 2.45) is 0 Å². The number of aromatic amines is 1. The lowest BCUT2D eigenvalue weighted by Gasteiger charge is -2.00. The summed E-state index contributed by atoms with van der Waals surface area (Å²) in [5, 5.41) is 0. The van der Waals surface area contributed by atoms with Gasteiger partial charge in [-0.1, -0.05) is 0 Å². The first-order chi connectivity index (χ1) is 11.8. The third kappa shape index (κ3) is 7.44. The van der Waals surface area contributed by atoms with Crippen molar-refractivity contribution in [2.45, 2.75) is 27.3 Å². The highest BCUT2D eigenvalue weighted by atomic mass is 79.9. The third-order valence-corrected chi connectivity index (χ3v) is 3.60. The number of halogens is 3. The van der Waals surface area contributed by atoms with E-state index in [1.165, 1.54) is 0 Å². The van der Waals surface area contributed by atoms with Gasteiger partial charge in [0, 0.05) is 34.8 Å². The molecule has 0 aliphatic rings. The standard InChI is InChI=1S/C8H10BrNO.C7H8BrNO2.CH3F/c1-3-10-5-7(9)4-8(10)6(2)11;1-2-11-7(10)6-3-5(8)4-9-6;1-2/h4-5H,3H2,1-2H3;3-4,9H,2H2,1H3;1H3/i;;1D. The van der Waals surface area contributed by atoms with Crippen molar-refractivity contribution >= 4 is 43.6 Å². The number of aryl methyl sites for hydroxylation is 1. The number of nitrogens with one attached hydrogen (secondary N) is 1. The van der Waals surface area contributed by atoms with Crippen LogP contribution in [0.25, 0.3) is 0 Å². The zero-order valence-electron chi connectivity index (χ0n) is 14.7. The van der Waals surface area contributed by atoms with Crippen molar-refractivity contribution in [3.05, 3.63) is 44.9 Å². The number of H-pyrrole nitrogens is 1. The topological polar surface area (TPSA) is 64.1 Å². The number of alkyl halides is 1. The summed E-state index contributed by atoms with van der Waals surface area (Å²) in [5.74, 6) is -0.212. The molecular weight excluding hydrogens is 447 g/mol. The van der Waals surface area contributed by atoms with Crippen molar-refractivity contribution in [3.8, 4) is 0 Å². The number of aromatic nitrogens is 2. The number of ether oxygens (including phenoxy) is 1. The fourth-order valence-electron chi connectivity index (χ4n) is 1.73. The summed E-state index contributed by atoms with van der Waals surface area (Å²) in [6.45, 7) is 6.60. The molecular formula is C16H21Br2FN2O3. The molecule has 2 heterocycles. The predicted octanol–water partition coefficient (Wildman–Crippen LogP) is 5.01. The lowest BCUT2D eigenvalue weighted by molar-refractivity contribution is 0.0520. The zero-order chi connectivity index (χ0) is 19.4. The quantitative estimate of drug-likeness (QED) is 0.506. The summed E-state index contributed by atoms with van der Waals surface area (Å²) in [6.07, 6.45) is 3.60. The Morgan fingerprint density at radius 1 is 1.33 bits per heavy atom. The molecule has 0 radical (unpaired) electrons. The second-order valence-electron chi connectivity index (χ2n) is 4.34. The van der Waals surface area contributed by atoms with Crippen LogP contribution in [0.5, 0.6) is 0 Å². The Morgan fingerprint density at radius 3 is 2.33 bits per heavy atom. The number of esters is 1. The maximum Gasteiger partial charge on any atom is 0.354 e. The van der Waals surface area contributed by atoms with Gasteiger partial charge in [0.15, 0.2) is 5.78 Å². The molecule has 0 saturated carbocycles. The summed E-state index contributed by atoms with van der Waals surface area (Å²) >= 11 is 6.53. The number of nitrogens with zero attached hydrogens (tertiary/aromatic N) is 1. The molecule has 0 fully saturated rings. The number of ketones is 1. The van der Waals surface area contributed by atoms with E-state index in [9.17, 15) is 14.0 Å². The van der Waals surface area contributed by atoms with E-state index in [2.05, 4.69) is 36.8 Å². The molecule has 0 bridgehead atoms. The number of rotatable bonds is 4. The molecule has 2 aromatic rings. The fourth-order valence-corrected chi connectivity index (χ4v) is 2.54. The van der Waals surface area contributed by atoms with E-state index < -0.39 is 7.15 Å². The van der Waals surface area contributed by atoms with Crippen molar-refractivity contribution in [1.82, 2.24) is 9.55 Å². The molecule has 2 aromatic heterocycles. The Kier molecular flexibility index (Phi) is 10.3. The first kappa shape index (κ1) is 20.6. The summed E-state index contributed by atoms with van der Waals surface area (Å²) in [4.78, 5) is 24.7. The third-order valence-electron chi connectivity index (χ3n) is 2.71. The van der Waals surface area contributed by atoms with Crippen LogP contribution >= 0.6 is 31.9 Å². The summed E-state index contributed by atoms with van der Waals surface area (Å²) in [7, 11) is -1.00. The van der Waals surface area contributed by atoms with Crippen LogP contribution in [0.1, 0.15) is 43.1 Å². The van der Waals surface area contributed by atoms with Gasteiger partial charge in [-0.2, -0.15) is 0 Å². The van der Waals surface area contributed by atoms with Crippen molar-refractivity contribution in [1.29, 1.82) is 0 Å². The van der Waals surface area contributed by atoms with E-state index in [0.717, 1.165) is 21.2 Å². The molecule has 0 saturated heterocycles. The van der Waals surface area contributed by atoms with Crippen LogP contribution in [0, 0.1) is 0 Å². The highest BCUT2D eigenvalue weighted by molar-refractivity contribution is 9.10. The fraction of sp³-hybridized carbons (Fsp3) is 0.375. The molecule has 0 atom stereocenters. The summed E-state index contributed by atoms with van der Waals surface area (Å²) in [5.41, 5.74) is 1.23. The zero-order valence-corrected chi connectivity index (χ0v) is 16.9. The minimum Gasteiger partial charge on any atom is -0.461 e. The maximum atomic E-state index is 11.0. The van der Waals surface area contributed by atoms with Gasteiger partial charge in [-0.25, -0.2) is 4.79 Å². The van der Waals surface area contributed by atoms with Gasteiger partial charge in [0.2, 0.25) is 0 Å². The molecule has 24 heavy (non-hydrogen) atoms. The Balaban J connectivity index is 0.000000399. The van der Waals surface area contributed by atoms with Crippen LogP contribution in [-0.4, -0.2) is 35.1 Å². The Bertz CT molecular complexity index is 674. The second kappa shape index (κ2) is 12.0. The number of hydrogen-bond acceptors (Lipinski definition) is 3. The molecule has 134 valence electrons. The maximum absolute atomic E-state index is 11.0. The Morgan fingerprint density at radius 2 is 1.96 bits per heavy atom. The van der Waals surface area contributed by atoms with E-state index in [4.69, 9.17) is 6.11 Å². The molecule has 5 nitrogen and oxygen atoms in total. The molecule has 0 amide bonds. The van der Waals surface area contributed by atoms with Gasteiger partial charge in [-0.15, -0.1) is 0 Å². The summed E-state index contributed by atoms with van der Waals surface area (Å²) < 4.78 is 24.0. The normalized spacial score (nSPS) is 9.83. The van der Waals surface area contributed by atoms with Gasteiger partial charge in [-0.05, 0) is 57.8 Å².